The highest BCUT2D eigenvalue weighted by molar-refractivity contribution is 14.1. The smallest absolute Gasteiger partial charge is 0.182 e. The molecule has 0 fully saturated rings. The number of aromatic nitrogens is 1. The topological polar surface area (TPSA) is 22.0 Å². The van der Waals surface area contributed by atoms with Crippen LogP contribution in [-0.2, 0) is 7.05 Å². The van der Waals surface area contributed by atoms with Crippen molar-refractivity contribution in [3.05, 3.63) is 32.3 Å². The Morgan fingerprint density at radius 3 is 2.78 bits per heavy atom. The maximum absolute atomic E-state index is 10.6. The summed E-state index contributed by atoms with van der Waals surface area (Å²) >= 11 is 2.11. The van der Waals surface area contributed by atoms with E-state index >= 15 is 0 Å². The predicted molar refractivity (Wildman–Crippen MR) is 44.4 cm³/mol. The molecule has 1 rings (SSSR count). The highest BCUT2D eigenvalue weighted by Crippen LogP contribution is 1.96. The third kappa shape index (κ3) is 1.54. The summed E-state index contributed by atoms with van der Waals surface area (Å²) in [5, 5.41) is 0. The van der Waals surface area contributed by atoms with Crippen LogP contribution in [0.5, 0.6) is 0 Å². The second-order valence-electron chi connectivity index (χ2n) is 1.80. The van der Waals surface area contributed by atoms with Gasteiger partial charge < -0.3 is 4.57 Å². The Kier molecular flexibility index (Phi) is 1.90. The van der Waals surface area contributed by atoms with Gasteiger partial charge in [0.1, 0.15) is 0 Å². The summed E-state index contributed by atoms with van der Waals surface area (Å²) in [6.07, 6.45) is 1.75. The fourth-order valence-corrected chi connectivity index (χ4v) is 0.992. The Bertz CT molecular complexity index is 266. The van der Waals surface area contributed by atoms with Gasteiger partial charge in [-0.3, -0.25) is 4.79 Å². The van der Waals surface area contributed by atoms with Crippen molar-refractivity contribution in [2.45, 2.75) is 0 Å². The molecule has 0 unspecified atom stereocenters. The third-order valence-electron chi connectivity index (χ3n) is 1.06. The Morgan fingerprint density at radius 2 is 2.33 bits per heavy atom. The predicted octanol–water partition coefficient (Wildman–Crippen LogP) is 0.990. The van der Waals surface area contributed by atoms with E-state index in [1.807, 2.05) is 11.6 Å². The first-order chi connectivity index (χ1) is 4.20. The maximum atomic E-state index is 10.6. The fraction of sp³-hybridized carbons (Fsp3) is 0.167. The van der Waals surface area contributed by atoms with Crippen molar-refractivity contribution in [2.75, 3.05) is 0 Å². The van der Waals surface area contributed by atoms with Gasteiger partial charge in [0.25, 0.3) is 0 Å². The lowest BCUT2D eigenvalue weighted by molar-refractivity contribution is 0.869. The van der Waals surface area contributed by atoms with Crippen LogP contribution in [0, 0.1) is 3.70 Å². The summed E-state index contributed by atoms with van der Waals surface area (Å²) in [6, 6.07) is 3.14. The quantitative estimate of drug-likeness (QED) is 0.485. The van der Waals surface area contributed by atoms with Gasteiger partial charge in [-0.15, -0.1) is 0 Å². The van der Waals surface area contributed by atoms with Gasteiger partial charge in [0.05, 0.1) is 3.70 Å². The molecule has 0 spiro atoms. The third-order valence-corrected chi connectivity index (χ3v) is 2.13. The maximum Gasteiger partial charge on any atom is 0.182 e. The molecule has 3 heteroatoms. The Hall–Kier alpha value is -0.320. The number of pyridine rings is 1. The lowest BCUT2D eigenvalue weighted by Crippen LogP contribution is -2.04. The minimum atomic E-state index is 0.0671. The molecule has 0 aliphatic heterocycles. The molecule has 1 aromatic heterocycles. The minimum absolute atomic E-state index is 0.0671. The lowest BCUT2D eigenvalue weighted by atomic mass is 10.5. The molecule has 2 nitrogen and oxygen atoms in total. The van der Waals surface area contributed by atoms with E-state index in [2.05, 4.69) is 22.6 Å². The average Bonchev–Trinajstić information content (AvgIpc) is 1.80. The van der Waals surface area contributed by atoms with Gasteiger partial charge in [-0.2, -0.15) is 0 Å². The number of nitrogens with zero attached hydrogens (tertiary/aromatic N) is 1. The number of rotatable bonds is 0. The molecule has 48 valence electrons. The van der Waals surface area contributed by atoms with Crippen molar-refractivity contribution in [2.24, 2.45) is 7.05 Å². The van der Waals surface area contributed by atoms with Crippen LogP contribution in [-0.4, -0.2) is 4.57 Å². The molecule has 0 amide bonds. The van der Waals surface area contributed by atoms with Gasteiger partial charge in [0, 0.05) is 25.4 Å². The summed E-state index contributed by atoms with van der Waals surface area (Å²) in [7, 11) is 1.90. The van der Waals surface area contributed by atoms with Crippen molar-refractivity contribution < 1.29 is 0 Å². The van der Waals surface area contributed by atoms with Crippen LogP contribution < -0.4 is 5.43 Å². The van der Waals surface area contributed by atoms with E-state index in [9.17, 15) is 4.79 Å². The van der Waals surface area contributed by atoms with Gasteiger partial charge in [-0.25, -0.2) is 0 Å². The molecule has 0 atom stereocenters. The number of hydrogen-bond donors (Lipinski definition) is 0. The molecular weight excluding hydrogens is 229 g/mol. The monoisotopic (exact) mass is 235 g/mol. The molecule has 1 aromatic rings. The van der Waals surface area contributed by atoms with Gasteiger partial charge >= 0.3 is 0 Å². The molecule has 0 aliphatic rings. The van der Waals surface area contributed by atoms with E-state index in [4.69, 9.17) is 0 Å². The molecule has 0 saturated heterocycles. The molecule has 0 bridgehead atoms. The van der Waals surface area contributed by atoms with E-state index < -0.39 is 0 Å². The first kappa shape index (κ1) is 6.80. The number of halogens is 1. The number of aryl methyl sites for hydroxylation is 1. The van der Waals surface area contributed by atoms with E-state index in [0.717, 1.165) is 3.70 Å². The van der Waals surface area contributed by atoms with Crippen LogP contribution in [0.3, 0.4) is 0 Å². The largest absolute Gasteiger partial charge is 0.346 e. The van der Waals surface area contributed by atoms with Crippen LogP contribution in [0.15, 0.2) is 23.1 Å². The summed E-state index contributed by atoms with van der Waals surface area (Å²) < 4.78 is 2.85. The van der Waals surface area contributed by atoms with Gasteiger partial charge in [0.15, 0.2) is 5.43 Å². The second-order valence-corrected chi connectivity index (χ2v) is 2.90. The van der Waals surface area contributed by atoms with Crippen LogP contribution in [0.1, 0.15) is 0 Å². The summed E-state index contributed by atoms with van der Waals surface area (Å²) in [5.41, 5.74) is 0.0671. The molecule has 0 radical (unpaired) electrons. The number of hydrogen-bond acceptors (Lipinski definition) is 1. The van der Waals surface area contributed by atoms with Crippen molar-refractivity contribution in [3.8, 4) is 0 Å². The zero-order chi connectivity index (χ0) is 6.85. The zero-order valence-corrected chi connectivity index (χ0v) is 7.12. The first-order valence-electron chi connectivity index (χ1n) is 2.52. The molecule has 0 N–H and O–H groups in total. The van der Waals surface area contributed by atoms with E-state index in [1.165, 1.54) is 0 Å². The molecule has 0 aliphatic carbocycles. The Labute approximate surface area is 66.6 Å². The van der Waals surface area contributed by atoms with Crippen LogP contribution in [0.4, 0.5) is 0 Å². The van der Waals surface area contributed by atoms with Gasteiger partial charge in [-0.1, -0.05) is 0 Å². The van der Waals surface area contributed by atoms with Gasteiger partial charge in [-0.05, 0) is 22.6 Å². The second kappa shape index (κ2) is 2.51. The van der Waals surface area contributed by atoms with Gasteiger partial charge in [0.2, 0.25) is 0 Å². The molecule has 0 aromatic carbocycles. The van der Waals surface area contributed by atoms with E-state index in [0.29, 0.717) is 0 Å². The summed E-state index contributed by atoms with van der Waals surface area (Å²) in [4.78, 5) is 10.6. The first-order valence-corrected chi connectivity index (χ1v) is 3.60. The zero-order valence-electron chi connectivity index (χ0n) is 4.97. The Morgan fingerprint density at radius 1 is 1.67 bits per heavy atom. The van der Waals surface area contributed by atoms with Crippen molar-refractivity contribution in [1.82, 2.24) is 4.57 Å². The Balaban J connectivity index is 3.34. The van der Waals surface area contributed by atoms with E-state index in [-0.39, 0.29) is 5.43 Å². The standard InChI is InChI=1S/C6H6INO/c1-8-3-2-5(9)4-6(8)7/h2-4H,1H3. The summed E-state index contributed by atoms with van der Waals surface area (Å²) in [5.74, 6) is 0. The SMILES string of the molecule is Cn1ccc(=O)cc1I. The normalized spacial score (nSPS) is 9.56. The highest BCUT2D eigenvalue weighted by Gasteiger charge is 1.88. The van der Waals surface area contributed by atoms with Crippen molar-refractivity contribution >= 4 is 22.6 Å². The lowest BCUT2D eigenvalue weighted by Gasteiger charge is -1.97. The van der Waals surface area contributed by atoms with Crippen LogP contribution >= 0.6 is 22.6 Å². The average molecular weight is 235 g/mol. The molecule has 1 heterocycles. The van der Waals surface area contributed by atoms with E-state index in [1.54, 1.807) is 18.3 Å². The summed E-state index contributed by atoms with van der Waals surface area (Å²) in [6.45, 7) is 0. The fourth-order valence-electron chi connectivity index (χ4n) is 0.524. The minimum Gasteiger partial charge on any atom is -0.346 e. The van der Waals surface area contributed by atoms with Crippen molar-refractivity contribution in [1.29, 1.82) is 0 Å². The molecular formula is C6H6INO. The van der Waals surface area contributed by atoms with Crippen LogP contribution in [0.25, 0.3) is 0 Å². The molecule has 9 heavy (non-hydrogen) atoms. The van der Waals surface area contributed by atoms with Crippen molar-refractivity contribution in [3.63, 3.8) is 0 Å². The van der Waals surface area contributed by atoms with Crippen LogP contribution in [0.2, 0.25) is 0 Å². The highest BCUT2D eigenvalue weighted by atomic mass is 127. The molecule has 0 saturated carbocycles.